The summed E-state index contributed by atoms with van der Waals surface area (Å²) < 4.78 is 14.4. The number of piperazine rings is 1. The summed E-state index contributed by atoms with van der Waals surface area (Å²) in [6.45, 7) is 6.28. The first-order valence-electron chi connectivity index (χ1n) is 13.4. The Labute approximate surface area is 223 Å². The molecular weight excluding hydrogens is 491 g/mol. The van der Waals surface area contributed by atoms with Gasteiger partial charge in [-0.25, -0.2) is 14.4 Å². The molecule has 3 atom stereocenters. The zero-order chi connectivity index (χ0) is 25.8. The fourth-order valence-corrected chi connectivity index (χ4v) is 5.36. The molecule has 5 rings (SSSR count). The Morgan fingerprint density at radius 1 is 1.08 bits per heavy atom. The summed E-state index contributed by atoms with van der Waals surface area (Å²) in [6, 6.07) is 12.2. The third-order valence-electron chi connectivity index (χ3n) is 7.49. The van der Waals surface area contributed by atoms with Crippen LogP contribution < -0.4 is 21.4 Å². The maximum absolute atomic E-state index is 14.4. The number of anilines is 1. The van der Waals surface area contributed by atoms with Crippen LogP contribution in [0.3, 0.4) is 0 Å². The predicted octanol–water partition coefficient (Wildman–Crippen LogP) is 4.52. The lowest BCUT2D eigenvalue weighted by Gasteiger charge is -2.38. The minimum Gasteiger partial charge on any atom is -0.326 e. The molecule has 3 aliphatic rings. The molecule has 0 aromatic heterocycles. The first-order chi connectivity index (χ1) is 17.9. The fraction of sp³-hybridized carbons (Fsp3) is 0.500. The Kier molecular flexibility index (Phi) is 8.39. The highest BCUT2D eigenvalue weighted by atomic mass is 35.5. The number of aliphatic imine (C=N–C) groups is 1. The number of guanidine groups is 1. The predicted molar refractivity (Wildman–Crippen MR) is 147 cm³/mol. The molecule has 0 spiro atoms. The highest BCUT2D eigenvalue weighted by Crippen LogP contribution is 2.41. The maximum atomic E-state index is 14.4. The normalized spacial score (nSPS) is 25.1. The van der Waals surface area contributed by atoms with Gasteiger partial charge < -0.3 is 10.6 Å². The first kappa shape index (κ1) is 26.1. The summed E-state index contributed by atoms with van der Waals surface area (Å²) in [6.07, 6.45) is 4.98. The number of benzene rings is 2. The van der Waals surface area contributed by atoms with Gasteiger partial charge >= 0.3 is 0 Å². The van der Waals surface area contributed by atoms with E-state index in [9.17, 15) is 9.18 Å². The van der Waals surface area contributed by atoms with Gasteiger partial charge in [-0.1, -0.05) is 18.5 Å². The van der Waals surface area contributed by atoms with Crippen LogP contribution in [0.1, 0.15) is 60.9 Å². The zero-order valence-corrected chi connectivity index (χ0v) is 22.0. The van der Waals surface area contributed by atoms with E-state index in [1.165, 1.54) is 6.07 Å². The van der Waals surface area contributed by atoms with E-state index in [4.69, 9.17) is 16.6 Å². The van der Waals surface area contributed by atoms with Crippen molar-refractivity contribution >= 4 is 29.2 Å². The van der Waals surface area contributed by atoms with E-state index in [0.29, 0.717) is 40.1 Å². The SMILES string of the molecule is CC1CC(N=C(NC(=O)c2ccc(Cl)cc2)Nc2cc(F)cc(C3CC3)c2)CCC1NN1CCNCC1. The average molecular weight is 527 g/mol. The van der Waals surface area contributed by atoms with E-state index >= 15 is 0 Å². The summed E-state index contributed by atoms with van der Waals surface area (Å²) >= 11 is 5.99. The van der Waals surface area contributed by atoms with Gasteiger partial charge in [-0.3, -0.25) is 15.5 Å². The van der Waals surface area contributed by atoms with E-state index in [-0.39, 0.29) is 17.8 Å². The van der Waals surface area contributed by atoms with Crippen LogP contribution in [0.5, 0.6) is 0 Å². The average Bonchev–Trinajstić information content (AvgIpc) is 3.72. The van der Waals surface area contributed by atoms with Crippen molar-refractivity contribution in [3.8, 4) is 0 Å². The summed E-state index contributed by atoms with van der Waals surface area (Å²) in [5, 5.41) is 12.4. The molecule has 2 aliphatic carbocycles. The molecule has 2 aromatic rings. The summed E-state index contributed by atoms with van der Waals surface area (Å²) in [5.74, 6) is 0.617. The van der Waals surface area contributed by atoms with Crippen molar-refractivity contribution in [1.29, 1.82) is 0 Å². The van der Waals surface area contributed by atoms with Gasteiger partial charge in [0.05, 0.1) is 6.04 Å². The van der Waals surface area contributed by atoms with Gasteiger partial charge in [-0.2, -0.15) is 0 Å². The van der Waals surface area contributed by atoms with Crippen molar-refractivity contribution in [3.05, 3.63) is 64.4 Å². The van der Waals surface area contributed by atoms with Crippen LogP contribution in [0.2, 0.25) is 5.02 Å². The number of hydrazine groups is 1. The van der Waals surface area contributed by atoms with Crippen molar-refractivity contribution < 1.29 is 9.18 Å². The second-order valence-corrected chi connectivity index (χ2v) is 11.0. The molecule has 4 N–H and O–H groups in total. The zero-order valence-electron chi connectivity index (χ0n) is 21.3. The van der Waals surface area contributed by atoms with E-state index in [2.05, 4.69) is 33.3 Å². The standard InChI is InChI=1S/C28H36ClFN6O/c1-18-14-24(8-9-26(18)35-36-12-10-31-11-13-36)32-28(34-27(37)20-4-6-22(29)7-5-20)33-25-16-21(19-2-3-19)15-23(30)17-25/h4-7,15-19,24,26,31,35H,2-3,8-14H2,1H3,(H2,32,33,34,37). The lowest BCUT2D eigenvalue weighted by molar-refractivity contribution is 0.0960. The molecule has 37 heavy (non-hydrogen) atoms. The molecule has 2 saturated carbocycles. The molecule has 3 fully saturated rings. The van der Waals surface area contributed by atoms with Crippen molar-refractivity contribution in [2.24, 2.45) is 10.9 Å². The molecular formula is C28H36ClFN6O. The van der Waals surface area contributed by atoms with Crippen LogP contribution in [-0.2, 0) is 0 Å². The first-order valence-corrected chi connectivity index (χ1v) is 13.7. The minimum atomic E-state index is -0.289. The van der Waals surface area contributed by atoms with Crippen molar-refractivity contribution in [2.45, 2.75) is 57.0 Å². The Balaban J connectivity index is 1.30. The molecule has 1 aliphatic heterocycles. The number of halogens is 2. The number of carbonyl (C=O) groups is 1. The van der Waals surface area contributed by atoms with Gasteiger partial charge in [0, 0.05) is 48.5 Å². The van der Waals surface area contributed by atoms with Crippen LogP contribution >= 0.6 is 11.6 Å². The molecule has 3 unspecified atom stereocenters. The number of nitrogens with zero attached hydrogens (tertiary/aromatic N) is 2. The number of nitrogens with one attached hydrogen (secondary N) is 4. The number of amides is 1. The lowest BCUT2D eigenvalue weighted by atomic mass is 9.83. The fourth-order valence-electron chi connectivity index (χ4n) is 5.24. The summed E-state index contributed by atoms with van der Waals surface area (Å²) in [7, 11) is 0. The van der Waals surface area contributed by atoms with Crippen LogP contribution in [0.25, 0.3) is 0 Å². The lowest BCUT2D eigenvalue weighted by Crippen LogP contribution is -2.56. The van der Waals surface area contributed by atoms with Crippen LogP contribution in [-0.4, -0.2) is 55.1 Å². The second kappa shape index (κ2) is 11.9. The monoisotopic (exact) mass is 526 g/mol. The van der Waals surface area contributed by atoms with Crippen LogP contribution in [0, 0.1) is 11.7 Å². The van der Waals surface area contributed by atoms with Crippen molar-refractivity contribution in [1.82, 2.24) is 21.1 Å². The van der Waals surface area contributed by atoms with E-state index < -0.39 is 0 Å². The Bertz CT molecular complexity index is 1120. The Hall–Kier alpha value is -2.52. The summed E-state index contributed by atoms with van der Waals surface area (Å²) in [4.78, 5) is 18.0. The largest absolute Gasteiger partial charge is 0.326 e. The molecule has 1 heterocycles. The smallest absolute Gasteiger partial charge is 0.257 e. The van der Waals surface area contributed by atoms with E-state index in [1.54, 1.807) is 30.3 Å². The van der Waals surface area contributed by atoms with Gasteiger partial charge in [-0.15, -0.1) is 0 Å². The van der Waals surface area contributed by atoms with Crippen LogP contribution in [0.4, 0.5) is 10.1 Å². The minimum absolute atomic E-state index is 0.0561. The molecule has 0 radical (unpaired) electrons. The number of carbonyl (C=O) groups excluding carboxylic acids is 1. The molecule has 2 aromatic carbocycles. The molecule has 1 saturated heterocycles. The highest BCUT2D eigenvalue weighted by molar-refractivity contribution is 6.30. The van der Waals surface area contributed by atoms with Crippen LogP contribution in [0.15, 0.2) is 47.5 Å². The second-order valence-electron chi connectivity index (χ2n) is 10.5. The molecule has 198 valence electrons. The Morgan fingerprint density at radius 2 is 1.84 bits per heavy atom. The number of hydrogen-bond donors (Lipinski definition) is 4. The van der Waals surface area contributed by atoms with Gasteiger partial charge in [0.25, 0.3) is 5.91 Å². The third kappa shape index (κ3) is 7.29. The molecule has 0 bridgehead atoms. The van der Waals surface area contributed by atoms with Gasteiger partial charge in [0.1, 0.15) is 5.82 Å². The number of rotatable bonds is 6. The van der Waals surface area contributed by atoms with E-state index in [1.807, 2.05) is 6.07 Å². The quantitative estimate of drug-likeness (QED) is 0.329. The maximum Gasteiger partial charge on any atom is 0.257 e. The molecule has 1 amide bonds. The molecule has 7 nitrogen and oxygen atoms in total. The third-order valence-corrected chi connectivity index (χ3v) is 7.74. The van der Waals surface area contributed by atoms with Gasteiger partial charge in [-0.05, 0) is 92.0 Å². The number of hydrogen-bond acceptors (Lipinski definition) is 5. The topological polar surface area (TPSA) is 80.8 Å². The highest BCUT2D eigenvalue weighted by Gasteiger charge is 2.30. The molecule has 9 heteroatoms. The van der Waals surface area contributed by atoms with Crippen molar-refractivity contribution in [3.63, 3.8) is 0 Å². The van der Waals surface area contributed by atoms with Gasteiger partial charge in [0.2, 0.25) is 5.96 Å². The summed E-state index contributed by atoms with van der Waals surface area (Å²) in [5.41, 5.74) is 5.78. The van der Waals surface area contributed by atoms with Crippen molar-refractivity contribution in [2.75, 3.05) is 31.5 Å². The van der Waals surface area contributed by atoms with Gasteiger partial charge in [0.15, 0.2) is 0 Å². The van der Waals surface area contributed by atoms with E-state index in [0.717, 1.165) is 63.8 Å². The Morgan fingerprint density at radius 3 is 2.54 bits per heavy atom.